The van der Waals surface area contributed by atoms with Crippen LogP contribution in [0.3, 0.4) is 0 Å². The molecule has 0 N–H and O–H groups in total. The third kappa shape index (κ3) is 4.21. The van der Waals surface area contributed by atoms with Crippen LogP contribution in [0.15, 0.2) is 107 Å². The summed E-state index contributed by atoms with van der Waals surface area (Å²) in [5.41, 5.74) is 0.786. The molecule has 0 aliphatic carbocycles. The first-order valence-electron chi connectivity index (χ1n) is 9.72. The third-order valence-corrected chi connectivity index (χ3v) is 6.93. The standard InChI is InChI=1S/C24H16N2O6S/c27-25(28)19-11-13-21(17-7-3-1-4-8-17)23(15-19)33(31,32)24-16-20(26(29)30)12-14-22(24)18-9-5-2-6-10-18/h1-16H. The number of nitro benzene ring substituents is 2. The monoisotopic (exact) mass is 460 g/mol. The Hall–Kier alpha value is -4.37. The molecule has 0 saturated carbocycles. The molecule has 9 heteroatoms. The van der Waals surface area contributed by atoms with Gasteiger partial charge in [0.15, 0.2) is 0 Å². The van der Waals surface area contributed by atoms with E-state index in [1.165, 1.54) is 24.3 Å². The van der Waals surface area contributed by atoms with Gasteiger partial charge in [-0.25, -0.2) is 8.42 Å². The van der Waals surface area contributed by atoms with E-state index >= 15 is 0 Å². The molecule has 0 aromatic heterocycles. The molecule has 0 heterocycles. The summed E-state index contributed by atoms with van der Waals surface area (Å²) in [6.45, 7) is 0. The van der Waals surface area contributed by atoms with Crippen molar-refractivity contribution in [3.8, 4) is 22.3 Å². The van der Waals surface area contributed by atoms with Crippen LogP contribution in [0, 0.1) is 20.2 Å². The van der Waals surface area contributed by atoms with Gasteiger partial charge in [0.25, 0.3) is 11.4 Å². The smallest absolute Gasteiger partial charge is 0.258 e. The van der Waals surface area contributed by atoms with Gasteiger partial charge in [-0.05, 0) is 23.3 Å². The van der Waals surface area contributed by atoms with Crippen LogP contribution in [-0.2, 0) is 9.84 Å². The number of non-ortho nitro benzene ring substituents is 2. The normalized spacial score (nSPS) is 11.2. The van der Waals surface area contributed by atoms with Gasteiger partial charge in [0, 0.05) is 35.4 Å². The van der Waals surface area contributed by atoms with E-state index in [1.54, 1.807) is 60.7 Å². The number of hydrogen-bond donors (Lipinski definition) is 0. The molecule has 8 nitrogen and oxygen atoms in total. The van der Waals surface area contributed by atoms with Gasteiger partial charge in [-0.3, -0.25) is 20.2 Å². The fourth-order valence-electron chi connectivity index (χ4n) is 3.52. The zero-order chi connectivity index (χ0) is 23.6. The molecule has 4 aromatic rings. The van der Waals surface area contributed by atoms with Crippen LogP contribution in [0.2, 0.25) is 0 Å². The van der Waals surface area contributed by atoms with Gasteiger partial charge >= 0.3 is 0 Å². The first-order valence-corrected chi connectivity index (χ1v) is 11.2. The van der Waals surface area contributed by atoms with Crippen LogP contribution in [0.25, 0.3) is 22.3 Å². The van der Waals surface area contributed by atoms with Crippen LogP contribution in [0.1, 0.15) is 0 Å². The quantitative estimate of drug-likeness (QED) is 0.270. The number of benzene rings is 4. The summed E-state index contributed by atoms with van der Waals surface area (Å²) >= 11 is 0. The maximum atomic E-state index is 13.9. The molecule has 0 radical (unpaired) electrons. The summed E-state index contributed by atoms with van der Waals surface area (Å²) in [6.07, 6.45) is 0. The topological polar surface area (TPSA) is 120 Å². The molecule has 0 amide bonds. The average Bonchev–Trinajstić information content (AvgIpc) is 2.84. The highest BCUT2D eigenvalue weighted by Gasteiger charge is 2.29. The predicted molar refractivity (Wildman–Crippen MR) is 123 cm³/mol. The zero-order valence-corrected chi connectivity index (χ0v) is 17.8. The summed E-state index contributed by atoms with van der Waals surface area (Å²) in [5, 5.41) is 22.8. The molecule has 0 atom stereocenters. The van der Waals surface area contributed by atoms with Crippen LogP contribution >= 0.6 is 0 Å². The van der Waals surface area contributed by atoms with Gasteiger partial charge in [0.1, 0.15) is 0 Å². The van der Waals surface area contributed by atoms with Crippen LogP contribution < -0.4 is 0 Å². The minimum absolute atomic E-state index is 0.256. The van der Waals surface area contributed by atoms with E-state index in [-0.39, 0.29) is 20.9 Å². The van der Waals surface area contributed by atoms with E-state index in [2.05, 4.69) is 0 Å². The van der Waals surface area contributed by atoms with Gasteiger partial charge in [0.05, 0.1) is 19.6 Å². The van der Waals surface area contributed by atoms with E-state index in [4.69, 9.17) is 0 Å². The largest absolute Gasteiger partial charge is 0.270 e. The Balaban J connectivity index is 2.05. The maximum absolute atomic E-state index is 13.9. The van der Waals surface area contributed by atoms with Crippen molar-refractivity contribution in [2.45, 2.75) is 9.79 Å². The van der Waals surface area contributed by atoms with E-state index in [0.717, 1.165) is 12.1 Å². The van der Waals surface area contributed by atoms with Crippen molar-refractivity contribution < 1.29 is 18.3 Å². The van der Waals surface area contributed by atoms with Crippen molar-refractivity contribution in [1.82, 2.24) is 0 Å². The Morgan fingerprint density at radius 1 is 0.545 bits per heavy atom. The predicted octanol–water partition coefficient (Wildman–Crippen LogP) is 5.67. The number of hydrogen-bond acceptors (Lipinski definition) is 6. The lowest BCUT2D eigenvalue weighted by Crippen LogP contribution is -2.07. The Morgan fingerprint density at radius 3 is 1.24 bits per heavy atom. The molecule has 0 aliphatic heterocycles. The molecular formula is C24H16N2O6S. The first kappa shape index (κ1) is 21.8. The van der Waals surface area contributed by atoms with Crippen LogP contribution in [0.5, 0.6) is 0 Å². The lowest BCUT2D eigenvalue weighted by atomic mass is 10.1. The second-order valence-corrected chi connectivity index (χ2v) is 9.00. The number of sulfone groups is 1. The van der Waals surface area contributed by atoms with Crippen molar-refractivity contribution in [2.75, 3.05) is 0 Å². The summed E-state index contributed by atoms with van der Waals surface area (Å²) < 4.78 is 27.9. The van der Waals surface area contributed by atoms with Gasteiger partial charge in [0.2, 0.25) is 9.84 Å². The molecule has 4 rings (SSSR count). The molecule has 164 valence electrons. The molecule has 0 saturated heterocycles. The Bertz CT molecular complexity index is 1360. The van der Waals surface area contributed by atoms with Crippen molar-refractivity contribution >= 4 is 21.2 Å². The number of nitrogens with zero attached hydrogens (tertiary/aromatic N) is 2. The molecule has 0 aliphatic rings. The highest BCUT2D eigenvalue weighted by atomic mass is 32.2. The second-order valence-electron chi connectivity index (χ2n) is 7.11. The first-order chi connectivity index (χ1) is 15.8. The minimum atomic E-state index is -4.42. The van der Waals surface area contributed by atoms with Crippen molar-refractivity contribution in [1.29, 1.82) is 0 Å². The van der Waals surface area contributed by atoms with Crippen LogP contribution in [-0.4, -0.2) is 18.3 Å². The van der Waals surface area contributed by atoms with E-state index in [1.807, 2.05) is 0 Å². The van der Waals surface area contributed by atoms with Gasteiger partial charge in [-0.1, -0.05) is 60.7 Å². The van der Waals surface area contributed by atoms with E-state index < -0.39 is 31.1 Å². The summed E-state index contributed by atoms with van der Waals surface area (Å²) in [4.78, 5) is 20.9. The molecule has 0 bridgehead atoms. The van der Waals surface area contributed by atoms with Gasteiger partial charge < -0.3 is 0 Å². The molecule has 0 unspecified atom stereocenters. The van der Waals surface area contributed by atoms with Gasteiger partial charge in [-0.15, -0.1) is 0 Å². The zero-order valence-electron chi connectivity index (χ0n) is 17.0. The highest BCUT2D eigenvalue weighted by Crippen LogP contribution is 2.39. The Morgan fingerprint density at radius 2 is 0.909 bits per heavy atom. The molecule has 0 fully saturated rings. The van der Waals surface area contributed by atoms with E-state index in [0.29, 0.717) is 11.1 Å². The molecule has 4 aromatic carbocycles. The number of rotatable bonds is 6. The van der Waals surface area contributed by atoms with Crippen molar-refractivity contribution in [3.63, 3.8) is 0 Å². The molecule has 33 heavy (non-hydrogen) atoms. The average molecular weight is 460 g/mol. The maximum Gasteiger partial charge on any atom is 0.270 e. The summed E-state index contributed by atoms with van der Waals surface area (Å²) in [6, 6.07) is 24.3. The Kier molecular flexibility index (Phi) is 5.72. The van der Waals surface area contributed by atoms with E-state index in [9.17, 15) is 28.6 Å². The fraction of sp³-hybridized carbons (Fsp3) is 0. The van der Waals surface area contributed by atoms with Crippen LogP contribution in [0.4, 0.5) is 11.4 Å². The SMILES string of the molecule is O=[N+]([O-])c1ccc(-c2ccccc2)c(S(=O)(=O)c2cc([N+](=O)[O-])ccc2-c2ccccc2)c1. The minimum Gasteiger partial charge on any atom is -0.258 e. The van der Waals surface area contributed by atoms with Gasteiger partial charge in [-0.2, -0.15) is 0 Å². The summed E-state index contributed by atoms with van der Waals surface area (Å²) in [7, 11) is -4.42. The van der Waals surface area contributed by atoms with Crippen molar-refractivity contribution in [2.24, 2.45) is 0 Å². The third-order valence-electron chi connectivity index (χ3n) is 5.10. The number of nitro groups is 2. The Labute approximate surface area is 189 Å². The lowest BCUT2D eigenvalue weighted by Gasteiger charge is -2.14. The lowest BCUT2D eigenvalue weighted by molar-refractivity contribution is -0.385. The second kappa shape index (κ2) is 8.64. The van der Waals surface area contributed by atoms with Crippen molar-refractivity contribution in [3.05, 3.63) is 117 Å². The molecular weight excluding hydrogens is 444 g/mol. The highest BCUT2D eigenvalue weighted by molar-refractivity contribution is 7.91. The summed E-state index contributed by atoms with van der Waals surface area (Å²) in [5.74, 6) is 0. The fourth-order valence-corrected chi connectivity index (χ4v) is 5.26. The molecule has 0 spiro atoms.